The lowest BCUT2D eigenvalue weighted by Gasteiger charge is -2.15. The minimum absolute atomic E-state index is 0.0621. The van der Waals surface area contributed by atoms with Gasteiger partial charge in [0.05, 0.1) is 32.6 Å². The van der Waals surface area contributed by atoms with Crippen molar-refractivity contribution < 1.29 is 28.9 Å². The largest absolute Gasteiger partial charge is 0.493 e. The number of carboxylic acid groups (broad SMARTS) is 1. The van der Waals surface area contributed by atoms with Crippen LogP contribution in [0, 0.1) is 6.92 Å². The van der Waals surface area contributed by atoms with Gasteiger partial charge in [-0.3, -0.25) is 4.79 Å². The van der Waals surface area contributed by atoms with Crippen molar-refractivity contribution in [1.29, 1.82) is 0 Å². The van der Waals surface area contributed by atoms with Crippen molar-refractivity contribution in [3.8, 4) is 17.2 Å². The van der Waals surface area contributed by atoms with Crippen molar-refractivity contribution in [2.45, 2.75) is 19.8 Å². The molecule has 0 bridgehead atoms. The van der Waals surface area contributed by atoms with Crippen LogP contribution in [0.5, 0.6) is 17.2 Å². The quantitative estimate of drug-likeness (QED) is 0.737. The number of methoxy groups -OCH3 is 3. The molecular weight excluding hydrogens is 350 g/mol. The summed E-state index contributed by atoms with van der Waals surface area (Å²) < 4.78 is 16.0. The number of hydrogen-bond donors (Lipinski definition) is 2. The van der Waals surface area contributed by atoms with Crippen molar-refractivity contribution in [1.82, 2.24) is 0 Å². The van der Waals surface area contributed by atoms with Crippen LogP contribution in [0.3, 0.4) is 0 Å². The van der Waals surface area contributed by atoms with Crippen LogP contribution in [-0.4, -0.2) is 38.3 Å². The van der Waals surface area contributed by atoms with Crippen molar-refractivity contribution in [2.75, 3.05) is 26.6 Å². The van der Waals surface area contributed by atoms with Crippen LogP contribution in [0.2, 0.25) is 0 Å². The number of benzene rings is 2. The number of anilines is 1. The Morgan fingerprint density at radius 3 is 2.30 bits per heavy atom. The van der Waals surface area contributed by atoms with Gasteiger partial charge >= 0.3 is 5.97 Å². The summed E-state index contributed by atoms with van der Waals surface area (Å²) in [5.74, 6) is 0.123. The molecule has 2 aromatic rings. The van der Waals surface area contributed by atoms with Gasteiger partial charge in [0, 0.05) is 6.42 Å². The molecule has 144 valence electrons. The molecule has 0 radical (unpaired) electrons. The van der Waals surface area contributed by atoms with E-state index in [-0.39, 0.29) is 23.6 Å². The Morgan fingerprint density at radius 1 is 1.00 bits per heavy atom. The number of carbonyl (C=O) groups excluding carboxylic acids is 1. The second kappa shape index (κ2) is 8.93. The lowest BCUT2D eigenvalue weighted by molar-refractivity contribution is -0.116. The molecule has 2 N–H and O–H groups in total. The fourth-order valence-electron chi connectivity index (χ4n) is 2.77. The Morgan fingerprint density at radius 2 is 1.70 bits per heavy atom. The first-order valence-corrected chi connectivity index (χ1v) is 8.32. The molecule has 7 heteroatoms. The van der Waals surface area contributed by atoms with E-state index < -0.39 is 5.97 Å². The molecule has 2 rings (SSSR count). The monoisotopic (exact) mass is 373 g/mol. The molecule has 0 aliphatic rings. The van der Waals surface area contributed by atoms with Gasteiger partial charge in [0.2, 0.25) is 11.7 Å². The molecule has 0 heterocycles. The number of amides is 1. The van der Waals surface area contributed by atoms with Crippen LogP contribution in [0.15, 0.2) is 30.3 Å². The number of ether oxygens (including phenoxy) is 3. The van der Waals surface area contributed by atoms with E-state index in [0.29, 0.717) is 23.7 Å². The third-order valence-corrected chi connectivity index (χ3v) is 4.09. The first-order chi connectivity index (χ1) is 12.9. The summed E-state index contributed by atoms with van der Waals surface area (Å²) in [6.45, 7) is 1.79. The van der Waals surface area contributed by atoms with Crippen LogP contribution in [0.1, 0.15) is 27.9 Å². The third-order valence-electron chi connectivity index (χ3n) is 4.09. The summed E-state index contributed by atoms with van der Waals surface area (Å²) in [5, 5.41) is 12.0. The molecule has 0 saturated heterocycles. The smallest absolute Gasteiger partial charge is 0.337 e. The predicted octanol–water partition coefficient (Wildman–Crippen LogP) is 3.29. The lowest BCUT2D eigenvalue weighted by atomic mass is 10.1. The van der Waals surface area contributed by atoms with Gasteiger partial charge in [-0.05, 0) is 37.1 Å². The average molecular weight is 373 g/mol. The minimum Gasteiger partial charge on any atom is -0.493 e. The number of nitrogens with one attached hydrogen (secondary N) is 1. The summed E-state index contributed by atoms with van der Waals surface area (Å²) in [4.78, 5) is 23.7. The van der Waals surface area contributed by atoms with E-state index in [1.54, 1.807) is 25.1 Å². The van der Waals surface area contributed by atoms with Crippen LogP contribution in [0.25, 0.3) is 0 Å². The standard InChI is InChI=1S/C20H23NO6/c1-12-5-8-15(14(11-12)20(23)24)21-17(22)10-7-13-6-9-16(25-2)19(27-4)18(13)26-3/h5-6,8-9,11H,7,10H2,1-4H3,(H,21,22)(H,23,24). The Labute approximate surface area is 157 Å². The highest BCUT2D eigenvalue weighted by atomic mass is 16.5. The summed E-state index contributed by atoms with van der Waals surface area (Å²) in [7, 11) is 4.57. The number of aromatic carboxylic acids is 1. The van der Waals surface area contributed by atoms with Crippen LogP contribution >= 0.6 is 0 Å². The van der Waals surface area contributed by atoms with Gasteiger partial charge < -0.3 is 24.6 Å². The highest BCUT2D eigenvalue weighted by Crippen LogP contribution is 2.40. The maximum absolute atomic E-state index is 12.3. The zero-order chi connectivity index (χ0) is 20.0. The van der Waals surface area contributed by atoms with E-state index in [4.69, 9.17) is 14.2 Å². The Kier molecular flexibility index (Phi) is 6.65. The maximum atomic E-state index is 12.3. The number of aryl methyl sites for hydroxylation is 2. The molecule has 7 nitrogen and oxygen atoms in total. The topological polar surface area (TPSA) is 94.1 Å². The summed E-state index contributed by atoms with van der Waals surface area (Å²) in [6, 6.07) is 8.42. The van der Waals surface area contributed by atoms with Gasteiger partial charge in [0.25, 0.3) is 0 Å². The van der Waals surface area contributed by atoms with Crippen LogP contribution in [0.4, 0.5) is 5.69 Å². The van der Waals surface area contributed by atoms with E-state index in [2.05, 4.69) is 5.32 Å². The maximum Gasteiger partial charge on any atom is 0.337 e. The highest BCUT2D eigenvalue weighted by Gasteiger charge is 2.17. The molecule has 0 aromatic heterocycles. The fraction of sp³-hybridized carbons (Fsp3) is 0.300. The molecule has 0 unspecified atom stereocenters. The van der Waals surface area contributed by atoms with Crippen molar-refractivity contribution in [3.05, 3.63) is 47.0 Å². The fourth-order valence-corrected chi connectivity index (χ4v) is 2.77. The molecular formula is C20H23NO6. The van der Waals surface area contributed by atoms with Gasteiger partial charge in [-0.15, -0.1) is 0 Å². The number of hydrogen-bond acceptors (Lipinski definition) is 5. The SMILES string of the molecule is COc1ccc(CCC(=O)Nc2ccc(C)cc2C(=O)O)c(OC)c1OC. The molecule has 27 heavy (non-hydrogen) atoms. The van der Waals surface area contributed by atoms with Crippen molar-refractivity contribution in [2.24, 2.45) is 0 Å². The minimum atomic E-state index is -1.09. The number of carboxylic acids is 1. The molecule has 1 amide bonds. The summed E-state index contributed by atoms with van der Waals surface area (Å²) in [6.07, 6.45) is 0.544. The average Bonchev–Trinajstić information content (AvgIpc) is 2.66. The van der Waals surface area contributed by atoms with E-state index in [0.717, 1.165) is 11.1 Å². The van der Waals surface area contributed by atoms with Crippen molar-refractivity contribution >= 4 is 17.6 Å². The van der Waals surface area contributed by atoms with E-state index >= 15 is 0 Å². The molecule has 0 saturated carbocycles. The second-order valence-corrected chi connectivity index (χ2v) is 5.90. The molecule has 2 aromatic carbocycles. The first kappa shape index (κ1) is 20.1. The zero-order valence-corrected chi connectivity index (χ0v) is 15.8. The third kappa shape index (κ3) is 4.69. The van der Waals surface area contributed by atoms with Crippen LogP contribution < -0.4 is 19.5 Å². The lowest BCUT2D eigenvalue weighted by Crippen LogP contribution is -2.15. The summed E-state index contributed by atoms with van der Waals surface area (Å²) >= 11 is 0. The molecule has 0 atom stereocenters. The first-order valence-electron chi connectivity index (χ1n) is 8.32. The van der Waals surface area contributed by atoms with Gasteiger partial charge in [-0.2, -0.15) is 0 Å². The van der Waals surface area contributed by atoms with Gasteiger partial charge in [-0.25, -0.2) is 4.79 Å². The second-order valence-electron chi connectivity index (χ2n) is 5.90. The molecule has 0 aliphatic carbocycles. The van der Waals surface area contributed by atoms with E-state index in [1.807, 2.05) is 6.07 Å². The molecule has 0 aliphatic heterocycles. The summed E-state index contributed by atoms with van der Waals surface area (Å²) in [5.41, 5.74) is 1.93. The predicted molar refractivity (Wildman–Crippen MR) is 101 cm³/mol. The van der Waals surface area contributed by atoms with E-state index in [9.17, 15) is 14.7 Å². The van der Waals surface area contributed by atoms with Crippen LogP contribution in [-0.2, 0) is 11.2 Å². The van der Waals surface area contributed by atoms with Gasteiger partial charge in [0.15, 0.2) is 11.5 Å². The van der Waals surface area contributed by atoms with E-state index in [1.165, 1.54) is 27.4 Å². The molecule has 0 fully saturated rings. The normalized spacial score (nSPS) is 10.2. The number of carbonyl (C=O) groups is 2. The Balaban J connectivity index is 2.14. The highest BCUT2D eigenvalue weighted by molar-refractivity contribution is 6.00. The zero-order valence-electron chi connectivity index (χ0n) is 15.8. The molecule has 0 spiro atoms. The number of rotatable bonds is 8. The Hall–Kier alpha value is -3.22. The Bertz CT molecular complexity index is 847. The van der Waals surface area contributed by atoms with Gasteiger partial charge in [-0.1, -0.05) is 17.7 Å². The van der Waals surface area contributed by atoms with Crippen molar-refractivity contribution in [3.63, 3.8) is 0 Å². The van der Waals surface area contributed by atoms with Gasteiger partial charge in [0.1, 0.15) is 0 Å².